The van der Waals surface area contributed by atoms with Crippen LogP contribution in [0.5, 0.6) is 0 Å². The quantitative estimate of drug-likeness (QED) is 0.612. The van der Waals surface area contributed by atoms with Crippen molar-refractivity contribution in [1.82, 2.24) is 9.44 Å². The molecule has 154 valence electrons. The molecule has 8 heteroatoms. The summed E-state index contributed by atoms with van der Waals surface area (Å²) in [7, 11) is -6.45. The summed E-state index contributed by atoms with van der Waals surface area (Å²) in [4.78, 5) is 0. The molecule has 0 aliphatic rings. The Bertz CT molecular complexity index is 968. The van der Waals surface area contributed by atoms with Crippen molar-refractivity contribution in [3.63, 3.8) is 0 Å². The topological polar surface area (TPSA) is 92.3 Å². The second kappa shape index (κ2) is 9.65. The molecule has 0 radical (unpaired) electrons. The van der Waals surface area contributed by atoms with Crippen LogP contribution < -0.4 is 9.44 Å². The van der Waals surface area contributed by atoms with E-state index in [1.807, 2.05) is 48.5 Å². The number of sulfonamides is 2. The molecule has 0 aliphatic heterocycles. The molecule has 2 aromatic rings. The van der Waals surface area contributed by atoms with Crippen LogP contribution in [0.4, 0.5) is 0 Å². The van der Waals surface area contributed by atoms with E-state index in [2.05, 4.69) is 9.44 Å². The lowest BCUT2D eigenvalue weighted by Crippen LogP contribution is -2.33. The summed E-state index contributed by atoms with van der Waals surface area (Å²) in [5.41, 5.74) is 4.13. The van der Waals surface area contributed by atoms with Gasteiger partial charge in [-0.2, -0.15) is 0 Å². The fourth-order valence-electron chi connectivity index (χ4n) is 2.86. The van der Waals surface area contributed by atoms with Crippen LogP contribution in [0.15, 0.2) is 48.5 Å². The first-order valence-electron chi connectivity index (χ1n) is 9.22. The summed E-state index contributed by atoms with van der Waals surface area (Å²) < 4.78 is 51.3. The maximum absolute atomic E-state index is 12.0. The van der Waals surface area contributed by atoms with E-state index in [9.17, 15) is 16.8 Å². The molecule has 1 unspecified atom stereocenters. The smallest absolute Gasteiger partial charge is 0.214 e. The van der Waals surface area contributed by atoms with Gasteiger partial charge in [0.05, 0.1) is 11.5 Å². The first-order chi connectivity index (χ1) is 13.1. The summed E-state index contributed by atoms with van der Waals surface area (Å²) in [5.74, 6) is 0. The molecular weight excluding hydrogens is 396 g/mol. The number of rotatable bonds is 10. The Morgan fingerprint density at radius 2 is 1.32 bits per heavy atom. The fourth-order valence-corrected chi connectivity index (χ4v) is 4.43. The molecule has 0 heterocycles. The monoisotopic (exact) mass is 424 g/mol. The van der Waals surface area contributed by atoms with E-state index in [4.69, 9.17) is 0 Å². The Morgan fingerprint density at radius 3 is 1.79 bits per heavy atom. The lowest BCUT2D eigenvalue weighted by atomic mass is 10.0. The van der Waals surface area contributed by atoms with Gasteiger partial charge < -0.3 is 0 Å². The van der Waals surface area contributed by atoms with Crippen molar-refractivity contribution >= 4 is 20.0 Å². The highest BCUT2D eigenvalue weighted by Crippen LogP contribution is 2.21. The van der Waals surface area contributed by atoms with Crippen LogP contribution in [0.2, 0.25) is 0 Å². The Balaban J connectivity index is 1.99. The van der Waals surface area contributed by atoms with Crippen LogP contribution in [-0.4, -0.2) is 41.4 Å². The van der Waals surface area contributed by atoms with Crippen molar-refractivity contribution in [3.8, 4) is 11.1 Å². The van der Waals surface area contributed by atoms with E-state index in [-0.39, 0.29) is 0 Å². The van der Waals surface area contributed by atoms with E-state index in [1.165, 1.54) is 0 Å². The minimum absolute atomic E-state index is 0.376. The first-order valence-corrected chi connectivity index (χ1v) is 12.7. The van der Waals surface area contributed by atoms with E-state index < -0.39 is 25.3 Å². The van der Waals surface area contributed by atoms with Gasteiger partial charge in [-0.25, -0.2) is 26.3 Å². The van der Waals surface area contributed by atoms with Crippen LogP contribution in [0, 0.1) is 0 Å². The zero-order valence-electron chi connectivity index (χ0n) is 16.5. The van der Waals surface area contributed by atoms with Gasteiger partial charge in [0.25, 0.3) is 0 Å². The average Bonchev–Trinajstić information content (AvgIpc) is 2.62. The highest BCUT2D eigenvalue weighted by molar-refractivity contribution is 7.90. The number of nitrogens with one attached hydrogen (secondary N) is 2. The molecule has 0 saturated heterocycles. The summed E-state index contributed by atoms with van der Waals surface area (Å²) in [6, 6.07) is 15.9. The van der Waals surface area contributed by atoms with Gasteiger partial charge in [0.1, 0.15) is 0 Å². The predicted molar refractivity (Wildman–Crippen MR) is 114 cm³/mol. The molecule has 2 aromatic carbocycles. The third-order valence-corrected chi connectivity index (χ3v) is 7.06. The third kappa shape index (κ3) is 7.01. The zero-order valence-corrected chi connectivity index (χ0v) is 18.1. The molecule has 1 atom stereocenters. The first kappa shape index (κ1) is 22.5. The largest absolute Gasteiger partial charge is 0.215 e. The molecule has 0 amide bonds. The Labute approximate surface area is 168 Å². The molecule has 6 nitrogen and oxygen atoms in total. The second-order valence-corrected chi connectivity index (χ2v) is 10.9. The Morgan fingerprint density at radius 1 is 0.821 bits per heavy atom. The van der Waals surface area contributed by atoms with Crippen molar-refractivity contribution < 1.29 is 16.8 Å². The van der Waals surface area contributed by atoms with Gasteiger partial charge in [0.2, 0.25) is 20.0 Å². The molecule has 0 aliphatic carbocycles. The molecular formula is C20H28N2O4S2. The van der Waals surface area contributed by atoms with Gasteiger partial charge in [-0.05, 0) is 42.0 Å². The van der Waals surface area contributed by atoms with Crippen LogP contribution in [0.25, 0.3) is 11.1 Å². The fraction of sp³-hybridized carbons (Fsp3) is 0.400. The maximum Gasteiger partial charge on any atom is 0.214 e. The van der Waals surface area contributed by atoms with Crippen LogP contribution >= 0.6 is 0 Å². The van der Waals surface area contributed by atoms with Crippen LogP contribution in [-0.2, 0) is 32.9 Å². The molecule has 28 heavy (non-hydrogen) atoms. The highest BCUT2D eigenvalue weighted by Gasteiger charge is 2.19. The minimum Gasteiger partial charge on any atom is -0.215 e. The van der Waals surface area contributed by atoms with Crippen LogP contribution in [0.1, 0.15) is 25.0 Å². The summed E-state index contributed by atoms with van der Waals surface area (Å²) >= 11 is 0. The third-order valence-electron chi connectivity index (χ3n) is 4.42. The van der Waals surface area contributed by atoms with Gasteiger partial charge >= 0.3 is 0 Å². The van der Waals surface area contributed by atoms with Crippen molar-refractivity contribution in [1.29, 1.82) is 0 Å². The van der Waals surface area contributed by atoms with Crippen molar-refractivity contribution in [2.45, 2.75) is 31.9 Å². The molecule has 0 spiro atoms. The Kier molecular flexibility index (Phi) is 7.77. The second-order valence-electron chi connectivity index (χ2n) is 6.87. The lowest BCUT2D eigenvalue weighted by Gasteiger charge is -2.13. The molecule has 2 N–H and O–H groups in total. The maximum atomic E-state index is 12.0. The number of hydrogen-bond acceptors (Lipinski definition) is 4. The van der Waals surface area contributed by atoms with Gasteiger partial charge in [0.15, 0.2) is 0 Å². The normalized spacial score (nSPS) is 13.4. The van der Waals surface area contributed by atoms with E-state index >= 15 is 0 Å². The average molecular weight is 425 g/mol. The SMILES string of the molecule is CCNS(=O)(=O)C(C)Cc1ccc(-c2ccc(CCNS(C)(=O)=O)cc2)cc1. The molecule has 0 bridgehead atoms. The van der Waals surface area contributed by atoms with E-state index in [0.717, 1.165) is 28.5 Å². The zero-order chi connectivity index (χ0) is 20.8. The number of hydrogen-bond donors (Lipinski definition) is 2. The summed E-state index contributed by atoms with van der Waals surface area (Å²) in [5, 5.41) is -0.488. The van der Waals surface area contributed by atoms with Gasteiger partial charge in [-0.3, -0.25) is 0 Å². The lowest BCUT2D eigenvalue weighted by molar-refractivity contribution is 0.569. The van der Waals surface area contributed by atoms with Gasteiger partial charge in [0, 0.05) is 13.1 Å². The van der Waals surface area contributed by atoms with E-state index in [0.29, 0.717) is 25.9 Å². The van der Waals surface area contributed by atoms with Gasteiger partial charge in [-0.1, -0.05) is 55.5 Å². The number of benzene rings is 2. The van der Waals surface area contributed by atoms with Gasteiger partial charge in [-0.15, -0.1) is 0 Å². The summed E-state index contributed by atoms with van der Waals surface area (Å²) in [6.07, 6.45) is 2.24. The van der Waals surface area contributed by atoms with Crippen molar-refractivity contribution in [2.75, 3.05) is 19.3 Å². The van der Waals surface area contributed by atoms with Crippen molar-refractivity contribution in [2.24, 2.45) is 0 Å². The molecule has 0 saturated carbocycles. The minimum atomic E-state index is -3.29. The predicted octanol–water partition coefficient (Wildman–Crippen LogP) is 2.32. The molecule has 0 fully saturated rings. The molecule has 0 aromatic heterocycles. The Hall–Kier alpha value is -1.74. The summed E-state index contributed by atoms with van der Waals surface area (Å²) in [6.45, 7) is 4.25. The van der Waals surface area contributed by atoms with E-state index in [1.54, 1.807) is 13.8 Å². The van der Waals surface area contributed by atoms with Crippen LogP contribution in [0.3, 0.4) is 0 Å². The molecule has 2 rings (SSSR count). The van der Waals surface area contributed by atoms with Crippen molar-refractivity contribution in [3.05, 3.63) is 59.7 Å². The standard InChI is InChI=1S/C20H28N2O4S2/c1-4-21-28(25,26)16(2)15-18-7-11-20(12-8-18)19-9-5-17(6-10-19)13-14-22-27(3,23)24/h5-12,16,21-22H,4,13-15H2,1-3H3. The highest BCUT2D eigenvalue weighted by atomic mass is 32.2.